The lowest BCUT2D eigenvalue weighted by Gasteiger charge is -1.97. The Morgan fingerprint density at radius 2 is 2.08 bits per heavy atom. The van der Waals surface area contributed by atoms with Crippen molar-refractivity contribution in [2.45, 2.75) is 6.42 Å². The van der Waals surface area contributed by atoms with Gasteiger partial charge >= 0.3 is 0 Å². The monoisotopic (exact) mass is 215 g/mol. The third kappa shape index (κ3) is 3.71. The average Bonchev–Trinajstić information content (AvgIpc) is 2.03. The van der Waals surface area contributed by atoms with Crippen LogP contribution in [0.25, 0.3) is 6.08 Å². The Labute approximate surface area is 88.1 Å². The van der Waals surface area contributed by atoms with Gasteiger partial charge in [-0.2, -0.15) is 0 Å². The summed E-state index contributed by atoms with van der Waals surface area (Å²) >= 11 is 11.4. The second kappa shape index (κ2) is 5.15. The molecule has 1 nitrogen and oxygen atoms in total. The Bertz CT molecular complexity index is 288. The molecular weight excluding hydrogens is 205 g/mol. The van der Waals surface area contributed by atoms with E-state index in [1.54, 1.807) is 6.07 Å². The number of hydrogen-bond acceptors (Lipinski definition) is 1. The van der Waals surface area contributed by atoms with Crippen LogP contribution >= 0.6 is 23.2 Å². The molecule has 0 atom stereocenters. The predicted octanol–water partition coefficient (Wildman–Crippen LogP) is 3.56. The molecule has 0 heterocycles. The first kappa shape index (κ1) is 10.4. The Hall–Kier alpha value is -0.660. The van der Waals surface area contributed by atoms with E-state index >= 15 is 0 Å². The summed E-state index contributed by atoms with van der Waals surface area (Å²) < 4.78 is 0. The number of hydrogen-bond donors (Lipinski definition) is 1. The van der Waals surface area contributed by atoms with Crippen LogP contribution in [0.1, 0.15) is 12.0 Å². The van der Waals surface area contributed by atoms with Gasteiger partial charge in [0.1, 0.15) is 0 Å². The molecule has 3 heteroatoms. The van der Waals surface area contributed by atoms with Gasteiger partial charge in [-0.05, 0) is 30.2 Å². The van der Waals surface area contributed by atoms with E-state index in [-0.39, 0.29) is 0 Å². The summed E-state index contributed by atoms with van der Waals surface area (Å²) in [6, 6.07) is 5.46. The molecule has 1 aromatic carbocycles. The summed E-state index contributed by atoms with van der Waals surface area (Å²) in [7, 11) is 0. The van der Waals surface area contributed by atoms with E-state index in [1.165, 1.54) is 0 Å². The van der Waals surface area contributed by atoms with E-state index in [0.717, 1.165) is 12.0 Å². The maximum atomic E-state index is 5.82. The molecule has 0 bridgehead atoms. The van der Waals surface area contributed by atoms with Crippen molar-refractivity contribution in [1.29, 1.82) is 0 Å². The second-order valence-corrected chi connectivity index (χ2v) is 3.51. The summed E-state index contributed by atoms with van der Waals surface area (Å²) in [5.74, 6) is 0.631. The summed E-state index contributed by atoms with van der Waals surface area (Å²) in [6.45, 7) is 0. The minimum absolute atomic E-state index is 0.631. The highest BCUT2D eigenvalue weighted by Gasteiger charge is 1.92. The van der Waals surface area contributed by atoms with E-state index in [4.69, 9.17) is 28.9 Å². The molecule has 0 aliphatic heterocycles. The molecule has 0 saturated heterocycles. The average molecular weight is 216 g/mol. The molecule has 0 aromatic heterocycles. The summed E-state index contributed by atoms with van der Waals surface area (Å²) in [5, 5.41) is 0.658. The first-order valence-corrected chi connectivity index (χ1v) is 4.92. The van der Waals surface area contributed by atoms with Crippen LogP contribution in [0.5, 0.6) is 0 Å². The third-order valence-electron chi connectivity index (χ3n) is 1.53. The number of benzene rings is 1. The van der Waals surface area contributed by atoms with Crippen LogP contribution in [-0.4, -0.2) is 5.88 Å². The quantitative estimate of drug-likeness (QED) is 0.606. The van der Waals surface area contributed by atoms with Gasteiger partial charge in [-0.25, -0.2) is 0 Å². The lowest BCUT2D eigenvalue weighted by atomic mass is 10.2. The van der Waals surface area contributed by atoms with Gasteiger partial charge in [0.2, 0.25) is 0 Å². The number of nitrogen functional groups attached to an aromatic ring is 1. The van der Waals surface area contributed by atoms with Crippen LogP contribution in [0, 0.1) is 0 Å². The topological polar surface area (TPSA) is 26.0 Å². The molecule has 1 rings (SSSR count). The van der Waals surface area contributed by atoms with Crippen molar-refractivity contribution in [1.82, 2.24) is 0 Å². The van der Waals surface area contributed by atoms with Crippen molar-refractivity contribution < 1.29 is 0 Å². The fourth-order valence-corrected chi connectivity index (χ4v) is 1.39. The first-order chi connectivity index (χ1) is 6.22. The van der Waals surface area contributed by atoms with Gasteiger partial charge in [0.25, 0.3) is 0 Å². The lowest BCUT2D eigenvalue weighted by Crippen LogP contribution is -1.84. The largest absolute Gasteiger partial charge is 0.399 e. The summed E-state index contributed by atoms with van der Waals surface area (Å²) in [5.41, 5.74) is 7.31. The highest BCUT2D eigenvalue weighted by Crippen LogP contribution is 2.17. The van der Waals surface area contributed by atoms with Crippen LogP contribution in [0.4, 0.5) is 5.69 Å². The molecule has 0 fully saturated rings. The van der Waals surface area contributed by atoms with E-state index in [1.807, 2.05) is 24.3 Å². The smallest absolute Gasteiger partial charge is 0.0432 e. The maximum Gasteiger partial charge on any atom is 0.0432 e. The van der Waals surface area contributed by atoms with Gasteiger partial charge in [-0.15, -0.1) is 11.6 Å². The van der Waals surface area contributed by atoms with Crippen molar-refractivity contribution in [3.05, 3.63) is 34.9 Å². The molecule has 0 radical (unpaired) electrons. The number of nitrogens with two attached hydrogens (primary N) is 1. The van der Waals surface area contributed by atoms with Crippen molar-refractivity contribution in [3.8, 4) is 0 Å². The van der Waals surface area contributed by atoms with Gasteiger partial charge in [0, 0.05) is 16.6 Å². The van der Waals surface area contributed by atoms with Crippen LogP contribution in [0.2, 0.25) is 5.02 Å². The molecule has 0 aliphatic carbocycles. The minimum Gasteiger partial charge on any atom is -0.399 e. The van der Waals surface area contributed by atoms with E-state index in [0.29, 0.717) is 16.6 Å². The molecule has 0 aliphatic rings. The highest BCUT2D eigenvalue weighted by molar-refractivity contribution is 6.31. The van der Waals surface area contributed by atoms with Gasteiger partial charge in [-0.1, -0.05) is 23.8 Å². The molecule has 70 valence electrons. The number of allylic oxidation sites excluding steroid dienone is 1. The second-order valence-electron chi connectivity index (χ2n) is 2.70. The Balaban J connectivity index is 2.77. The SMILES string of the molecule is Nc1cc(Cl)cc(C=CCCCl)c1. The zero-order valence-electron chi connectivity index (χ0n) is 7.13. The first-order valence-electron chi connectivity index (χ1n) is 4.01. The van der Waals surface area contributed by atoms with Crippen molar-refractivity contribution in [3.63, 3.8) is 0 Å². The lowest BCUT2D eigenvalue weighted by molar-refractivity contribution is 1.24. The van der Waals surface area contributed by atoms with Gasteiger partial charge in [0.05, 0.1) is 0 Å². The Morgan fingerprint density at radius 3 is 2.69 bits per heavy atom. The fourth-order valence-electron chi connectivity index (χ4n) is 1.01. The van der Waals surface area contributed by atoms with Crippen LogP contribution < -0.4 is 5.73 Å². The molecule has 0 saturated carbocycles. The summed E-state index contributed by atoms with van der Waals surface area (Å²) in [4.78, 5) is 0. The molecular formula is C10H11Cl2N. The molecule has 0 spiro atoms. The number of anilines is 1. The van der Waals surface area contributed by atoms with Gasteiger partial charge < -0.3 is 5.73 Å². The van der Waals surface area contributed by atoms with E-state index in [2.05, 4.69) is 0 Å². The zero-order valence-corrected chi connectivity index (χ0v) is 8.65. The normalized spacial score (nSPS) is 10.9. The molecule has 2 N–H and O–H groups in total. The Kier molecular flexibility index (Phi) is 4.13. The highest BCUT2D eigenvalue weighted by atomic mass is 35.5. The van der Waals surface area contributed by atoms with E-state index < -0.39 is 0 Å². The van der Waals surface area contributed by atoms with Crippen molar-refractivity contribution in [2.24, 2.45) is 0 Å². The molecule has 13 heavy (non-hydrogen) atoms. The number of alkyl halides is 1. The van der Waals surface area contributed by atoms with Gasteiger partial charge in [0.15, 0.2) is 0 Å². The summed E-state index contributed by atoms with van der Waals surface area (Å²) in [6.07, 6.45) is 4.82. The van der Waals surface area contributed by atoms with E-state index in [9.17, 15) is 0 Å². The van der Waals surface area contributed by atoms with Crippen LogP contribution in [-0.2, 0) is 0 Å². The number of rotatable bonds is 3. The maximum absolute atomic E-state index is 5.82. The minimum atomic E-state index is 0.631. The number of halogens is 2. The fraction of sp³-hybridized carbons (Fsp3) is 0.200. The van der Waals surface area contributed by atoms with Crippen LogP contribution in [0.15, 0.2) is 24.3 Å². The third-order valence-corrected chi connectivity index (χ3v) is 1.96. The standard InChI is InChI=1S/C10H11Cl2N/c11-4-2-1-3-8-5-9(12)7-10(13)6-8/h1,3,5-7H,2,4,13H2. The molecule has 1 aromatic rings. The zero-order chi connectivity index (χ0) is 9.68. The van der Waals surface area contributed by atoms with Crippen molar-refractivity contribution >= 4 is 35.0 Å². The predicted molar refractivity (Wildman–Crippen MR) is 60.2 cm³/mol. The molecule has 0 amide bonds. The van der Waals surface area contributed by atoms with Crippen LogP contribution in [0.3, 0.4) is 0 Å². The van der Waals surface area contributed by atoms with Crippen molar-refractivity contribution in [2.75, 3.05) is 11.6 Å². The van der Waals surface area contributed by atoms with Gasteiger partial charge in [-0.3, -0.25) is 0 Å². The molecule has 0 unspecified atom stereocenters. The Morgan fingerprint density at radius 1 is 1.31 bits per heavy atom.